The molecule has 0 radical (unpaired) electrons. The number of nitrogens with zero attached hydrogens (tertiary/aromatic N) is 1. The summed E-state index contributed by atoms with van der Waals surface area (Å²) < 4.78 is 19.3. The molecule has 0 spiro atoms. The minimum Gasteiger partial charge on any atom is -0.486 e. The third-order valence-electron chi connectivity index (χ3n) is 2.81. The summed E-state index contributed by atoms with van der Waals surface area (Å²) in [6.45, 7) is 4.06. The molecule has 0 aliphatic heterocycles. The molecule has 1 atom stereocenters. The molecular formula is C15H17FN2O. The lowest BCUT2D eigenvalue weighted by Crippen LogP contribution is -2.06. The molecule has 0 unspecified atom stereocenters. The van der Waals surface area contributed by atoms with Gasteiger partial charge in [0.25, 0.3) is 0 Å². The predicted octanol–water partition coefficient (Wildman–Crippen LogP) is 3.13. The summed E-state index contributed by atoms with van der Waals surface area (Å²) in [4.78, 5) is 4.07. The molecule has 0 saturated heterocycles. The lowest BCUT2D eigenvalue weighted by molar-refractivity contribution is 0.289. The van der Waals surface area contributed by atoms with Gasteiger partial charge in [-0.2, -0.15) is 0 Å². The molecule has 0 aliphatic rings. The molecule has 1 heterocycles. The van der Waals surface area contributed by atoms with E-state index in [0.29, 0.717) is 6.61 Å². The highest BCUT2D eigenvalue weighted by Crippen LogP contribution is 2.22. The number of ether oxygens (including phenoxy) is 1. The summed E-state index contributed by atoms with van der Waals surface area (Å²) >= 11 is 0. The number of hydrogen-bond donors (Lipinski definition) is 1. The third-order valence-corrected chi connectivity index (χ3v) is 2.81. The number of aromatic nitrogens is 1. The van der Waals surface area contributed by atoms with Gasteiger partial charge in [0.15, 0.2) is 11.6 Å². The SMILES string of the molecule is Cc1cncc(COc2ccc([C@H](C)N)cc2F)c1. The van der Waals surface area contributed by atoms with Gasteiger partial charge in [-0.25, -0.2) is 4.39 Å². The summed E-state index contributed by atoms with van der Waals surface area (Å²) in [6.07, 6.45) is 3.47. The van der Waals surface area contributed by atoms with Crippen LogP contribution in [0.3, 0.4) is 0 Å². The van der Waals surface area contributed by atoms with Gasteiger partial charge >= 0.3 is 0 Å². The molecular weight excluding hydrogens is 243 g/mol. The van der Waals surface area contributed by atoms with Gasteiger partial charge < -0.3 is 10.5 Å². The van der Waals surface area contributed by atoms with Crippen LogP contribution in [0.25, 0.3) is 0 Å². The average molecular weight is 260 g/mol. The standard InChI is InChI=1S/C15H17FN2O/c1-10-5-12(8-18-7-10)9-19-15-4-3-13(11(2)17)6-14(15)16/h3-8,11H,9,17H2,1-2H3/t11-/m0/s1. The lowest BCUT2D eigenvalue weighted by atomic mass is 10.1. The monoisotopic (exact) mass is 260 g/mol. The van der Waals surface area contributed by atoms with E-state index in [1.807, 2.05) is 19.9 Å². The van der Waals surface area contributed by atoms with Crippen LogP contribution >= 0.6 is 0 Å². The van der Waals surface area contributed by atoms with Crippen molar-refractivity contribution in [3.63, 3.8) is 0 Å². The van der Waals surface area contributed by atoms with Gasteiger partial charge in [0, 0.05) is 24.0 Å². The first kappa shape index (κ1) is 13.5. The number of nitrogens with two attached hydrogens (primary N) is 1. The summed E-state index contributed by atoms with van der Waals surface area (Å²) in [7, 11) is 0. The number of hydrogen-bond acceptors (Lipinski definition) is 3. The molecule has 3 nitrogen and oxygen atoms in total. The highest BCUT2D eigenvalue weighted by molar-refractivity contribution is 5.31. The maximum atomic E-state index is 13.8. The summed E-state index contributed by atoms with van der Waals surface area (Å²) in [5.74, 6) is -0.165. The van der Waals surface area contributed by atoms with E-state index >= 15 is 0 Å². The number of rotatable bonds is 4. The van der Waals surface area contributed by atoms with Gasteiger partial charge in [-0.15, -0.1) is 0 Å². The van der Waals surface area contributed by atoms with Crippen LogP contribution in [0.15, 0.2) is 36.7 Å². The minimum absolute atomic E-state index is 0.190. The van der Waals surface area contributed by atoms with Crippen LogP contribution in [-0.2, 0) is 6.61 Å². The van der Waals surface area contributed by atoms with Crippen LogP contribution in [0.2, 0.25) is 0 Å². The Morgan fingerprint density at radius 1 is 1.32 bits per heavy atom. The maximum Gasteiger partial charge on any atom is 0.165 e. The summed E-state index contributed by atoms with van der Waals surface area (Å²) in [5.41, 5.74) is 8.41. The van der Waals surface area contributed by atoms with Crippen molar-refractivity contribution in [2.45, 2.75) is 26.5 Å². The average Bonchev–Trinajstić information content (AvgIpc) is 2.37. The fourth-order valence-electron chi connectivity index (χ4n) is 1.77. The Hall–Kier alpha value is -1.94. The second-order valence-electron chi connectivity index (χ2n) is 4.64. The Morgan fingerprint density at radius 2 is 2.11 bits per heavy atom. The lowest BCUT2D eigenvalue weighted by Gasteiger charge is -2.10. The molecule has 2 N–H and O–H groups in total. The van der Waals surface area contributed by atoms with Crippen LogP contribution < -0.4 is 10.5 Å². The number of aryl methyl sites for hydroxylation is 1. The summed E-state index contributed by atoms with van der Waals surface area (Å²) in [5, 5.41) is 0. The van der Waals surface area contributed by atoms with E-state index < -0.39 is 5.82 Å². The van der Waals surface area contributed by atoms with Crippen molar-refractivity contribution in [2.75, 3.05) is 0 Å². The van der Waals surface area contributed by atoms with Crippen molar-refractivity contribution in [3.8, 4) is 5.75 Å². The van der Waals surface area contributed by atoms with E-state index in [0.717, 1.165) is 16.7 Å². The van der Waals surface area contributed by atoms with E-state index in [4.69, 9.17) is 10.5 Å². The van der Waals surface area contributed by atoms with Crippen molar-refractivity contribution in [2.24, 2.45) is 5.73 Å². The molecule has 1 aromatic carbocycles. The maximum absolute atomic E-state index is 13.8. The Balaban J connectivity index is 2.07. The van der Waals surface area contributed by atoms with E-state index in [-0.39, 0.29) is 11.8 Å². The zero-order valence-electron chi connectivity index (χ0n) is 11.1. The number of halogens is 1. The quantitative estimate of drug-likeness (QED) is 0.918. The van der Waals surface area contributed by atoms with E-state index in [1.54, 1.807) is 24.5 Å². The third kappa shape index (κ3) is 3.51. The number of benzene rings is 1. The van der Waals surface area contributed by atoms with Crippen LogP contribution in [0.1, 0.15) is 29.7 Å². The molecule has 0 aliphatic carbocycles. The highest BCUT2D eigenvalue weighted by Gasteiger charge is 2.07. The molecule has 2 rings (SSSR count). The van der Waals surface area contributed by atoms with Gasteiger partial charge in [0.05, 0.1) is 0 Å². The topological polar surface area (TPSA) is 48.1 Å². The zero-order chi connectivity index (χ0) is 13.8. The smallest absolute Gasteiger partial charge is 0.165 e. The van der Waals surface area contributed by atoms with Crippen molar-refractivity contribution < 1.29 is 9.13 Å². The largest absolute Gasteiger partial charge is 0.486 e. The molecule has 0 amide bonds. The van der Waals surface area contributed by atoms with Crippen LogP contribution in [0, 0.1) is 12.7 Å². The van der Waals surface area contributed by atoms with Crippen LogP contribution in [-0.4, -0.2) is 4.98 Å². The van der Waals surface area contributed by atoms with Gasteiger partial charge in [-0.1, -0.05) is 6.07 Å². The number of pyridine rings is 1. The molecule has 100 valence electrons. The van der Waals surface area contributed by atoms with Crippen molar-refractivity contribution in [1.82, 2.24) is 4.98 Å². The van der Waals surface area contributed by atoms with Gasteiger partial charge in [0.1, 0.15) is 6.61 Å². The van der Waals surface area contributed by atoms with Gasteiger partial charge in [-0.3, -0.25) is 4.98 Å². The Bertz CT molecular complexity index is 570. The molecule has 1 aromatic heterocycles. The molecule has 4 heteroatoms. The first-order chi connectivity index (χ1) is 9.06. The molecule has 0 fully saturated rings. The first-order valence-electron chi connectivity index (χ1n) is 6.14. The molecule has 0 saturated carbocycles. The predicted molar refractivity (Wildman–Crippen MR) is 72.3 cm³/mol. The second kappa shape index (κ2) is 5.80. The second-order valence-corrected chi connectivity index (χ2v) is 4.64. The van der Waals surface area contributed by atoms with E-state index in [1.165, 1.54) is 6.07 Å². The molecule has 2 aromatic rings. The highest BCUT2D eigenvalue weighted by atomic mass is 19.1. The van der Waals surface area contributed by atoms with E-state index in [2.05, 4.69) is 4.98 Å². The Morgan fingerprint density at radius 3 is 2.74 bits per heavy atom. The fourth-order valence-corrected chi connectivity index (χ4v) is 1.77. The molecule has 19 heavy (non-hydrogen) atoms. The van der Waals surface area contributed by atoms with Crippen molar-refractivity contribution >= 4 is 0 Å². The van der Waals surface area contributed by atoms with Gasteiger partial charge in [-0.05, 0) is 43.2 Å². The van der Waals surface area contributed by atoms with Crippen molar-refractivity contribution in [1.29, 1.82) is 0 Å². The normalized spacial score (nSPS) is 12.2. The van der Waals surface area contributed by atoms with Crippen LogP contribution in [0.4, 0.5) is 4.39 Å². The zero-order valence-corrected chi connectivity index (χ0v) is 11.1. The Kier molecular flexibility index (Phi) is 4.12. The first-order valence-corrected chi connectivity index (χ1v) is 6.14. The van der Waals surface area contributed by atoms with E-state index in [9.17, 15) is 4.39 Å². The molecule has 0 bridgehead atoms. The fraction of sp³-hybridized carbons (Fsp3) is 0.267. The minimum atomic E-state index is -0.393. The Labute approximate surface area is 112 Å². The van der Waals surface area contributed by atoms with Crippen LogP contribution in [0.5, 0.6) is 5.75 Å². The van der Waals surface area contributed by atoms with Crippen molar-refractivity contribution in [3.05, 3.63) is 59.2 Å². The van der Waals surface area contributed by atoms with Gasteiger partial charge in [0.2, 0.25) is 0 Å². The summed E-state index contributed by atoms with van der Waals surface area (Å²) in [6, 6.07) is 6.56.